The summed E-state index contributed by atoms with van der Waals surface area (Å²) in [7, 11) is -3.38. The molecule has 7 nitrogen and oxygen atoms in total. The summed E-state index contributed by atoms with van der Waals surface area (Å²) in [5, 5.41) is 13.1. The molecule has 1 fully saturated rings. The highest BCUT2D eigenvalue weighted by molar-refractivity contribution is 7.91. The number of sulfone groups is 1. The van der Waals surface area contributed by atoms with Crippen molar-refractivity contribution in [2.45, 2.75) is 82.6 Å². The normalized spacial score (nSPS) is 23.3. The highest BCUT2D eigenvalue weighted by Gasteiger charge is 2.43. The Hall–Kier alpha value is -2.50. The Labute approximate surface area is 240 Å². The third-order valence-electron chi connectivity index (χ3n) is 8.68. The van der Waals surface area contributed by atoms with Gasteiger partial charge in [-0.3, -0.25) is 14.7 Å². The lowest BCUT2D eigenvalue weighted by molar-refractivity contribution is -0.184. The first-order chi connectivity index (χ1) is 19.2. The highest BCUT2D eigenvalue weighted by atomic mass is 32.2. The first-order valence-electron chi connectivity index (χ1n) is 14.2. The fourth-order valence-electron chi connectivity index (χ4n) is 6.17. The van der Waals surface area contributed by atoms with Crippen LogP contribution >= 0.6 is 0 Å². The molecule has 2 N–H and O–H groups in total. The number of pyridine rings is 1. The third-order valence-corrected chi connectivity index (χ3v) is 10.4. The number of nitrogens with one attached hydrogen (secondary N) is 1. The number of amides is 1. The van der Waals surface area contributed by atoms with Gasteiger partial charge in [-0.15, -0.1) is 0 Å². The van der Waals surface area contributed by atoms with Crippen molar-refractivity contribution < 1.29 is 31.5 Å². The predicted octanol–water partition coefficient (Wildman–Crippen LogP) is 5.39. The lowest BCUT2D eigenvalue weighted by Gasteiger charge is -2.35. The lowest BCUT2D eigenvalue weighted by Crippen LogP contribution is -2.46. The van der Waals surface area contributed by atoms with Crippen molar-refractivity contribution >= 4 is 15.7 Å². The zero-order chi connectivity index (χ0) is 30.2. The van der Waals surface area contributed by atoms with Crippen molar-refractivity contribution in [3.05, 3.63) is 58.9 Å². The maximum absolute atomic E-state index is 13.3. The lowest BCUT2D eigenvalue weighted by atomic mass is 9.81. The number of benzene rings is 1. The van der Waals surface area contributed by atoms with Gasteiger partial charge in [0, 0.05) is 19.3 Å². The molecule has 1 aromatic heterocycles. The number of nitrogens with zero attached hydrogens (tertiary/aromatic N) is 2. The number of halogens is 3. The molecule has 1 aliphatic heterocycles. The number of aliphatic hydroxyl groups is 1. The van der Waals surface area contributed by atoms with Gasteiger partial charge in [-0.2, -0.15) is 13.2 Å². The topological polar surface area (TPSA) is 99.6 Å². The van der Waals surface area contributed by atoms with Gasteiger partial charge in [-0.05, 0) is 73.8 Å². The molecule has 1 unspecified atom stereocenters. The molecule has 1 aliphatic carbocycles. The van der Waals surface area contributed by atoms with Crippen LogP contribution in [0.15, 0.2) is 41.4 Å². The Bertz CT molecular complexity index is 1340. The largest absolute Gasteiger partial charge is 0.394 e. The maximum Gasteiger partial charge on any atom is 0.391 e. The number of fused-ring (bicyclic) bond motifs is 1. The monoisotopic (exact) mass is 595 g/mol. The highest BCUT2D eigenvalue weighted by Crippen LogP contribution is 2.43. The summed E-state index contributed by atoms with van der Waals surface area (Å²) >= 11 is 0. The van der Waals surface area contributed by atoms with Crippen molar-refractivity contribution in [1.82, 2.24) is 15.2 Å². The second-order valence-corrected chi connectivity index (χ2v) is 14.3. The number of carbonyl (C=O) groups excluding carboxylic acids is 1. The van der Waals surface area contributed by atoms with E-state index in [-0.39, 0.29) is 41.4 Å². The van der Waals surface area contributed by atoms with Crippen LogP contribution < -0.4 is 5.32 Å². The third kappa shape index (κ3) is 6.78. The van der Waals surface area contributed by atoms with E-state index in [9.17, 15) is 31.5 Å². The molecule has 0 bridgehead atoms. The molecule has 2 aliphatic rings. The van der Waals surface area contributed by atoms with Crippen LogP contribution in [0, 0.1) is 17.8 Å². The van der Waals surface area contributed by atoms with Gasteiger partial charge < -0.3 is 10.4 Å². The van der Waals surface area contributed by atoms with E-state index in [4.69, 9.17) is 0 Å². The van der Waals surface area contributed by atoms with Crippen LogP contribution in [0.4, 0.5) is 13.2 Å². The molecular weight excluding hydrogens is 555 g/mol. The Morgan fingerprint density at radius 1 is 1.15 bits per heavy atom. The summed E-state index contributed by atoms with van der Waals surface area (Å²) < 4.78 is 63.7. The van der Waals surface area contributed by atoms with Crippen molar-refractivity contribution in [3.63, 3.8) is 0 Å². The molecule has 0 saturated heterocycles. The summed E-state index contributed by atoms with van der Waals surface area (Å²) in [6, 6.07) is 7.95. The molecule has 11 heteroatoms. The van der Waals surface area contributed by atoms with Crippen LogP contribution in [0.2, 0.25) is 0 Å². The standard InChI is InChI=1S/C30H40F3N3O4S/c1-5-41(39,40)25-12-10-23(11-13-25)29(4,18-37)35-28(38)21-14-22-17-36(27(19(2)3)26(22)34-15-21)16-20-6-8-24(9-7-20)30(31,32)33/h10-15,19-20,24,27,37H,5-9,16-18H2,1-4H3,(H,35,38)/t20?,24?,27-,29?/m0/s1. The van der Waals surface area contributed by atoms with Crippen LogP contribution in [0.25, 0.3) is 0 Å². The van der Waals surface area contributed by atoms with Crippen LogP contribution in [-0.2, 0) is 21.9 Å². The van der Waals surface area contributed by atoms with Crippen molar-refractivity contribution in [1.29, 1.82) is 0 Å². The van der Waals surface area contributed by atoms with Crippen LogP contribution in [0.1, 0.15) is 86.6 Å². The Morgan fingerprint density at radius 2 is 1.78 bits per heavy atom. The van der Waals surface area contributed by atoms with E-state index in [2.05, 4.69) is 29.0 Å². The minimum atomic E-state index is -4.12. The number of hydrogen-bond donors (Lipinski definition) is 2. The fourth-order valence-corrected chi connectivity index (χ4v) is 7.05. The van der Waals surface area contributed by atoms with Crippen LogP contribution in [0.3, 0.4) is 0 Å². The predicted molar refractivity (Wildman–Crippen MR) is 150 cm³/mol. The van der Waals surface area contributed by atoms with Crippen molar-refractivity contribution in [2.75, 3.05) is 18.9 Å². The number of alkyl halides is 3. The molecule has 226 valence electrons. The molecule has 2 atom stereocenters. The van der Waals surface area contributed by atoms with Gasteiger partial charge in [-0.25, -0.2) is 8.42 Å². The Kier molecular flexibility index (Phi) is 9.21. The van der Waals surface area contributed by atoms with Gasteiger partial charge in [-0.1, -0.05) is 32.9 Å². The molecule has 1 aromatic carbocycles. The summed E-state index contributed by atoms with van der Waals surface area (Å²) in [6.45, 7) is 8.28. The van der Waals surface area contributed by atoms with Gasteiger partial charge in [0.05, 0.1) is 46.0 Å². The van der Waals surface area contributed by atoms with E-state index in [1.807, 2.05) is 6.07 Å². The number of hydrogen-bond acceptors (Lipinski definition) is 6. The summed E-state index contributed by atoms with van der Waals surface area (Å²) in [5.74, 6) is -1.24. The zero-order valence-corrected chi connectivity index (χ0v) is 24.9. The van der Waals surface area contributed by atoms with Crippen LogP contribution in [0.5, 0.6) is 0 Å². The van der Waals surface area contributed by atoms with E-state index in [1.165, 1.54) is 18.3 Å². The van der Waals surface area contributed by atoms with Crippen molar-refractivity contribution in [3.8, 4) is 0 Å². The second-order valence-electron chi connectivity index (χ2n) is 12.0. The fraction of sp³-hybridized carbons (Fsp3) is 0.600. The molecular formula is C30H40F3N3O4S. The molecule has 0 spiro atoms. The van der Waals surface area contributed by atoms with Crippen molar-refractivity contribution in [2.24, 2.45) is 17.8 Å². The SMILES string of the molecule is CCS(=O)(=O)c1ccc(C(C)(CO)NC(=O)c2cnc3c(c2)CN(CC2CCC(C(F)(F)F)CC2)[C@H]3C(C)C)cc1. The molecule has 41 heavy (non-hydrogen) atoms. The van der Waals surface area contributed by atoms with Gasteiger partial charge in [0.2, 0.25) is 0 Å². The van der Waals surface area contributed by atoms with E-state index >= 15 is 0 Å². The van der Waals surface area contributed by atoms with E-state index in [1.54, 1.807) is 26.0 Å². The van der Waals surface area contributed by atoms with Gasteiger partial charge in [0.25, 0.3) is 5.91 Å². The number of rotatable bonds is 9. The average Bonchev–Trinajstić information content (AvgIpc) is 3.30. The smallest absolute Gasteiger partial charge is 0.391 e. The number of aliphatic hydroxyl groups excluding tert-OH is 1. The van der Waals surface area contributed by atoms with Gasteiger partial charge in [0.15, 0.2) is 9.84 Å². The Morgan fingerprint density at radius 3 is 2.32 bits per heavy atom. The second kappa shape index (κ2) is 12.0. The number of carbonyl (C=O) groups is 1. The molecule has 2 aromatic rings. The summed E-state index contributed by atoms with van der Waals surface area (Å²) in [5.41, 5.74) is 1.54. The molecule has 2 heterocycles. The van der Waals surface area contributed by atoms with E-state index in [0.29, 0.717) is 37.1 Å². The van der Waals surface area contributed by atoms with E-state index < -0.39 is 40.0 Å². The Balaban J connectivity index is 1.48. The van der Waals surface area contributed by atoms with E-state index in [0.717, 1.165) is 11.3 Å². The molecule has 0 radical (unpaired) electrons. The summed E-state index contributed by atoms with van der Waals surface area (Å²) in [4.78, 5) is 20.5. The number of aromatic nitrogens is 1. The quantitative estimate of drug-likeness (QED) is 0.403. The first-order valence-corrected chi connectivity index (χ1v) is 15.9. The minimum absolute atomic E-state index is 0.0167. The first kappa shape index (κ1) is 31.4. The summed E-state index contributed by atoms with van der Waals surface area (Å²) in [6.07, 6.45) is -1.16. The maximum atomic E-state index is 13.3. The molecule has 1 amide bonds. The van der Waals surface area contributed by atoms with Crippen LogP contribution in [-0.4, -0.2) is 54.4 Å². The average molecular weight is 596 g/mol. The van der Waals surface area contributed by atoms with Gasteiger partial charge in [0.1, 0.15) is 0 Å². The molecule has 1 saturated carbocycles. The minimum Gasteiger partial charge on any atom is -0.394 e. The van der Waals surface area contributed by atoms with Gasteiger partial charge >= 0.3 is 6.18 Å². The molecule has 4 rings (SSSR count). The zero-order valence-electron chi connectivity index (χ0n) is 24.0.